The Bertz CT molecular complexity index is 107. The first kappa shape index (κ1) is 12.1. The fourth-order valence-corrected chi connectivity index (χ4v) is 1.54. The second kappa shape index (κ2) is 9.15. The van der Waals surface area contributed by atoms with Crippen LogP contribution < -0.4 is 0 Å². The highest BCUT2D eigenvalue weighted by Crippen LogP contribution is 2.15. The molecule has 0 saturated carbocycles. The van der Waals surface area contributed by atoms with E-state index in [-0.39, 0.29) is 0 Å². The van der Waals surface area contributed by atoms with Crippen molar-refractivity contribution in [3.8, 4) is 0 Å². The lowest BCUT2D eigenvalue weighted by Gasteiger charge is -2.09. The molecule has 3 heteroatoms. The van der Waals surface area contributed by atoms with Crippen molar-refractivity contribution in [3.63, 3.8) is 0 Å². The molecule has 0 saturated heterocycles. The first-order valence-corrected chi connectivity index (χ1v) is 5.65. The Hall–Kier alpha value is 0.0600. The second-order valence-electron chi connectivity index (χ2n) is 3.16. The Balaban J connectivity index is 3.32. The van der Waals surface area contributed by atoms with Gasteiger partial charge in [-0.2, -0.15) is 0 Å². The molecule has 0 radical (unpaired) electrons. The van der Waals surface area contributed by atoms with Crippen LogP contribution in [0, 0.1) is 5.92 Å². The normalized spacial score (nSPS) is 13.5. The van der Waals surface area contributed by atoms with Crippen LogP contribution in [0.1, 0.15) is 46.0 Å². The predicted octanol–water partition coefficient (Wildman–Crippen LogP) is 3.55. The maximum absolute atomic E-state index is 10.1. The highest BCUT2D eigenvalue weighted by Gasteiger charge is 2.07. The molecule has 0 aliphatic heterocycles. The zero-order chi connectivity index (χ0) is 9.23. The number of unbranched alkanes of at least 4 members (excludes halogenated alkanes) is 2. The molecule has 72 valence electrons. The van der Waals surface area contributed by atoms with E-state index in [1.165, 1.54) is 25.7 Å². The molecular weight excluding hydrogens is 171 g/mol. The third-order valence-corrected chi connectivity index (χ3v) is 2.46. The third-order valence-electron chi connectivity index (χ3n) is 2.17. The van der Waals surface area contributed by atoms with Gasteiger partial charge in [-0.1, -0.05) is 39.5 Å². The first-order valence-electron chi connectivity index (χ1n) is 4.84. The van der Waals surface area contributed by atoms with Gasteiger partial charge in [0, 0.05) is 0 Å². The molecule has 0 aliphatic rings. The van der Waals surface area contributed by atoms with Crippen molar-refractivity contribution in [2.24, 2.45) is 5.92 Å². The summed E-state index contributed by atoms with van der Waals surface area (Å²) in [5.41, 5.74) is 0. The van der Waals surface area contributed by atoms with Crippen molar-refractivity contribution in [1.82, 2.24) is 0 Å². The topological polar surface area (TPSA) is 26.3 Å². The van der Waals surface area contributed by atoms with Crippen molar-refractivity contribution in [2.45, 2.75) is 46.0 Å². The summed E-state index contributed by atoms with van der Waals surface area (Å²) < 4.78 is 15.0. The lowest BCUT2D eigenvalue weighted by Crippen LogP contribution is -2.04. The van der Waals surface area contributed by atoms with E-state index in [2.05, 4.69) is 13.8 Å². The van der Waals surface area contributed by atoms with E-state index in [0.29, 0.717) is 12.5 Å². The fraction of sp³-hybridized carbons (Fsp3) is 1.00. The Labute approximate surface area is 77.0 Å². The van der Waals surface area contributed by atoms with Gasteiger partial charge in [-0.15, -0.1) is 4.52 Å². The van der Waals surface area contributed by atoms with E-state index in [1.807, 2.05) is 0 Å². The Morgan fingerprint density at radius 1 is 1.33 bits per heavy atom. The number of hydrogen-bond acceptors (Lipinski definition) is 2. The molecule has 2 atom stereocenters. The lowest BCUT2D eigenvalue weighted by atomic mass is 10.00. The molecule has 2 unspecified atom stereocenters. The quantitative estimate of drug-likeness (QED) is 0.433. The maximum atomic E-state index is 10.1. The molecule has 0 bridgehead atoms. The average molecular weight is 191 g/mol. The number of hydrogen-bond donors (Lipinski definition) is 0. The van der Waals surface area contributed by atoms with Crippen LogP contribution in [0.3, 0.4) is 0 Å². The van der Waals surface area contributed by atoms with Crippen molar-refractivity contribution >= 4 is 8.69 Å². The molecule has 0 aliphatic carbocycles. The molecule has 0 N–H and O–H groups in total. The van der Waals surface area contributed by atoms with Crippen LogP contribution in [-0.2, 0) is 9.09 Å². The van der Waals surface area contributed by atoms with Gasteiger partial charge >= 0.3 is 8.69 Å². The van der Waals surface area contributed by atoms with Crippen LogP contribution in [0.25, 0.3) is 0 Å². The third kappa shape index (κ3) is 6.75. The molecule has 2 nitrogen and oxygen atoms in total. The van der Waals surface area contributed by atoms with Gasteiger partial charge in [-0.3, -0.25) is 0 Å². The van der Waals surface area contributed by atoms with E-state index in [1.54, 1.807) is 0 Å². The Morgan fingerprint density at radius 2 is 2.08 bits per heavy atom. The van der Waals surface area contributed by atoms with Crippen LogP contribution >= 0.6 is 8.69 Å². The van der Waals surface area contributed by atoms with Gasteiger partial charge in [0.05, 0.1) is 0 Å². The van der Waals surface area contributed by atoms with Gasteiger partial charge in [-0.25, -0.2) is 0 Å². The Morgan fingerprint density at radius 3 is 2.58 bits per heavy atom. The summed E-state index contributed by atoms with van der Waals surface area (Å²) in [5, 5.41) is 0. The van der Waals surface area contributed by atoms with Gasteiger partial charge in [0.1, 0.15) is 6.61 Å². The minimum absolute atomic E-state index is 0.591. The molecule has 0 aromatic rings. The monoisotopic (exact) mass is 191 g/mol. The summed E-state index contributed by atoms with van der Waals surface area (Å²) in [6.07, 6.45) is 6.19. The molecule has 0 spiro atoms. The van der Waals surface area contributed by atoms with E-state index in [9.17, 15) is 4.57 Å². The molecule has 0 aromatic carbocycles. The Kier molecular flexibility index (Phi) is 9.20. The van der Waals surface area contributed by atoms with Crippen molar-refractivity contribution in [2.75, 3.05) is 6.61 Å². The van der Waals surface area contributed by atoms with Gasteiger partial charge in [0.25, 0.3) is 0 Å². The van der Waals surface area contributed by atoms with E-state index < -0.39 is 8.69 Å². The van der Waals surface area contributed by atoms with Crippen molar-refractivity contribution < 1.29 is 9.09 Å². The van der Waals surface area contributed by atoms with E-state index in [4.69, 9.17) is 4.52 Å². The molecule has 0 amide bonds. The lowest BCUT2D eigenvalue weighted by molar-refractivity contribution is 0.251. The highest BCUT2D eigenvalue weighted by molar-refractivity contribution is 7.17. The minimum Gasteiger partial charge on any atom is -0.148 e. The molecule has 0 fully saturated rings. The highest BCUT2D eigenvalue weighted by atomic mass is 31.1. The van der Waals surface area contributed by atoms with Gasteiger partial charge in [-0.05, 0) is 16.9 Å². The largest absolute Gasteiger partial charge is 0.494 e. The molecular formula is C9H20O2P+. The fourth-order valence-electron chi connectivity index (χ4n) is 1.24. The number of rotatable bonds is 8. The van der Waals surface area contributed by atoms with Gasteiger partial charge < -0.3 is 0 Å². The molecule has 0 heterocycles. The predicted molar refractivity (Wildman–Crippen MR) is 52.9 cm³/mol. The van der Waals surface area contributed by atoms with Crippen LogP contribution in [0.5, 0.6) is 0 Å². The summed E-state index contributed by atoms with van der Waals surface area (Å²) >= 11 is 0. The van der Waals surface area contributed by atoms with Gasteiger partial charge in [0.2, 0.25) is 0 Å². The standard InChI is InChI=1S/C9H20O2P/c1-3-5-6-7-9(4-2)8-11-12-10/h9,12H,3-8H2,1-2H3/q+1. The second-order valence-corrected chi connectivity index (χ2v) is 3.62. The molecule has 0 rings (SSSR count). The van der Waals surface area contributed by atoms with E-state index in [0.717, 1.165) is 6.42 Å². The first-order chi connectivity index (χ1) is 5.85. The summed E-state index contributed by atoms with van der Waals surface area (Å²) in [6, 6.07) is 0. The average Bonchev–Trinajstić information content (AvgIpc) is 2.11. The van der Waals surface area contributed by atoms with Crippen LogP contribution in [0.4, 0.5) is 0 Å². The summed E-state index contributed by atoms with van der Waals surface area (Å²) in [5.74, 6) is 0.609. The summed E-state index contributed by atoms with van der Waals surface area (Å²) in [6.45, 7) is 5.03. The van der Waals surface area contributed by atoms with Crippen molar-refractivity contribution in [3.05, 3.63) is 0 Å². The van der Waals surface area contributed by atoms with Crippen LogP contribution in [0.15, 0.2) is 0 Å². The SMILES string of the molecule is CCCCCC(CC)CO[PH+]=O. The van der Waals surface area contributed by atoms with Crippen molar-refractivity contribution in [1.29, 1.82) is 0 Å². The summed E-state index contributed by atoms with van der Waals surface area (Å²) in [4.78, 5) is 0. The zero-order valence-corrected chi connectivity index (χ0v) is 9.14. The summed E-state index contributed by atoms with van der Waals surface area (Å²) in [7, 11) is -0.591. The van der Waals surface area contributed by atoms with Crippen LogP contribution in [-0.4, -0.2) is 6.61 Å². The minimum atomic E-state index is -0.591. The smallest absolute Gasteiger partial charge is 0.148 e. The molecule has 0 aromatic heterocycles. The zero-order valence-electron chi connectivity index (χ0n) is 8.14. The van der Waals surface area contributed by atoms with E-state index >= 15 is 0 Å². The maximum Gasteiger partial charge on any atom is 0.494 e. The molecule has 12 heavy (non-hydrogen) atoms. The van der Waals surface area contributed by atoms with Gasteiger partial charge in [0.15, 0.2) is 0 Å². The van der Waals surface area contributed by atoms with Crippen LogP contribution in [0.2, 0.25) is 0 Å².